The van der Waals surface area contributed by atoms with E-state index in [2.05, 4.69) is 0 Å². The van der Waals surface area contributed by atoms with E-state index >= 15 is 0 Å². The normalized spacial score (nSPS) is 18.5. The molecule has 28 heavy (non-hydrogen) atoms. The smallest absolute Gasteiger partial charge is 0.374 e. The molecule has 0 saturated heterocycles. The summed E-state index contributed by atoms with van der Waals surface area (Å²) < 4.78 is 15.9. The molecule has 0 aromatic heterocycles. The molecule has 2 aromatic carbocycles. The van der Waals surface area contributed by atoms with Crippen molar-refractivity contribution in [3.8, 4) is 5.75 Å². The summed E-state index contributed by atoms with van der Waals surface area (Å²) in [6.07, 6.45) is -0.945. The first-order valence-electron chi connectivity index (χ1n) is 8.93. The Labute approximate surface area is 162 Å². The van der Waals surface area contributed by atoms with Gasteiger partial charge >= 0.3 is 12.2 Å². The number of rotatable bonds is 7. The molecule has 0 radical (unpaired) electrons. The van der Waals surface area contributed by atoms with E-state index < -0.39 is 23.0 Å². The molecule has 0 fully saturated rings. The Morgan fingerprint density at radius 1 is 1.14 bits per heavy atom. The first kappa shape index (κ1) is 19.4. The highest BCUT2D eigenvalue weighted by Gasteiger charge is 2.47. The Morgan fingerprint density at radius 2 is 1.82 bits per heavy atom. The van der Waals surface area contributed by atoms with E-state index in [1.807, 2.05) is 37.3 Å². The summed E-state index contributed by atoms with van der Waals surface area (Å²) in [5.41, 5.74) is 2.07. The second kappa shape index (κ2) is 8.56. The highest BCUT2D eigenvalue weighted by molar-refractivity contribution is 5.88. The fourth-order valence-electron chi connectivity index (χ4n) is 3.27. The number of benzene rings is 2. The van der Waals surface area contributed by atoms with Gasteiger partial charge in [0.05, 0.1) is 12.0 Å². The molecule has 2 atom stereocenters. The van der Waals surface area contributed by atoms with Crippen molar-refractivity contribution in [2.24, 2.45) is 0 Å². The van der Waals surface area contributed by atoms with Gasteiger partial charge in [0.25, 0.3) is 0 Å². The molecular weight excluding hydrogens is 362 g/mol. The average Bonchev–Trinajstić information content (AvgIpc) is 3.13. The number of carbonyl (C=O) groups is 1. The van der Waals surface area contributed by atoms with Crippen molar-refractivity contribution in [1.29, 1.82) is 0 Å². The molecule has 0 N–H and O–H groups in total. The minimum atomic E-state index is -1.37. The Bertz CT molecular complexity index is 876. The van der Waals surface area contributed by atoms with E-state index in [1.165, 1.54) is 0 Å². The summed E-state index contributed by atoms with van der Waals surface area (Å²) in [5.74, 6) is -0.778. The maximum atomic E-state index is 12.6. The minimum absolute atomic E-state index is 0.0686. The Morgan fingerprint density at radius 3 is 2.39 bits per heavy atom. The van der Waals surface area contributed by atoms with Gasteiger partial charge in [-0.1, -0.05) is 49.4 Å². The van der Waals surface area contributed by atoms with E-state index in [-0.39, 0.29) is 12.4 Å². The van der Waals surface area contributed by atoms with Crippen LogP contribution < -0.4 is 4.74 Å². The van der Waals surface area contributed by atoms with Crippen molar-refractivity contribution in [2.75, 3.05) is 7.11 Å². The third-order valence-corrected chi connectivity index (χ3v) is 4.65. The van der Waals surface area contributed by atoms with Crippen LogP contribution in [0.25, 0.3) is 0 Å². The fourth-order valence-corrected chi connectivity index (χ4v) is 3.27. The van der Waals surface area contributed by atoms with Gasteiger partial charge in [0.2, 0.25) is 5.76 Å². The molecule has 0 bridgehead atoms. The average molecular weight is 383 g/mol. The van der Waals surface area contributed by atoms with Crippen LogP contribution in [0.1, 0.15) is 30.4 Å². The van der Waals surface area contributed by atoms with Gasteiger partial charge in [-0.2, -0.15) is 0 Å². The van der Waals surface area contributed by atoms with Crippen LogP contribution in [0.4, 0.5) is 0 Å². The topological polar surface area (TPSA) is 87.9 Å². The number of ether oxygens (including phenoxy) is 3. The molecule has 1 heterocycles. The molecule has 1 aliphatic rings. The maximum absolute atomic E-state index is 12.6. The third kappa shape index (κ3) is 3.98. The van der Waals surface area contributed by atoms with Crippen LogP contribution in [0.3, 0.4) is 0 Å². The van der Waals surface area contributed by atoms with Crippen LogP contribution in [0, 0.1) is 10.1 Å². The van der Waals surface area contributed by atoms with Crippen LogP contribution in [0.15, 0.2) is 65.9 Å². The van der Waals surface area contributed by atoms with Crippen molar-refractivity contribution >= 4 is 5.97 Å². The van der Waals surface area contributed by atoms with Crippen LogP contribution in [0.2, 0.25) is 0 Å². The van der Waals surface area contributed by atoms with Crippen molar-refractivity contribution in [1.82, 2.24) is 0 Å². The standard InChI is InChI=1S/C21H21NO6/c1-3-17-18(15-9-11-16(26-2)12-10-15)20(22(24)25)28-19(17)21(23)27-13-14-7-5-4-6-8-14/h4-12,18,20H,3,13H2,1-2H3/t18-,20-/m0/s1. The number of esters is 1. The molecule has 0 saturated carbocycles. The predicted octanol–water partition coefficient (Wildman–Crippen LogP) is 3.82. The number of carbonyl (C=O) groups excluding carboxylic acids is 1. The summed E-state index contributed by atoms with van der Waals surface area (Å²) in [5, 5.41) is 11.6. The maximum Gasteiger partial charge on any atom is 0.374 e. The van der Waals surface area contributed by atoms with Crippen LogP contribution >= 0.6 is 0 Å². The van der Waals surface area contributed by atoms with E-state index in [9.17, 15) is 14.9 Å². The number of methoxy groups -OCH3 is 1. The molecule has 146 valence electrons. The molecule has 2 aromatic rings. The van der Waals surface area contributed by atoms with Crippen LogP contribution in [-0.2, 0) is 20.9 Å². The molecule has 7 nitrogen and oxygen atoms in total. The summed E-state index contributed by atoms with van der Waals surface area (Å²) in [6.45, 7) is 1.90. The molecule has 7 heteroatoms. The van der Waals surface area contributed by atoms with Gasteiger partial charge in [-0.25, -0.2) is 4.79 Å². The highest BCUT2D eigenvalue weighted by Crippen LogP contribution is 2.41. The largest absolute Gasteiger partial charge is 0.497 e. The lowest BCUT2D eigenvalue weighted by molar-refractivity contribution is -0.570. The van der Waals surface area contributed by atoms with Gasteiger partial charge < -0.3 is 14.2 Å². The van der Waals surface area contributed by atoms with E-state index in [0.29, 0.717) is 23.3 Å². The molecular formula is C21H21NO6. The number of nitro groups is 1. The number of nitrogens with zero attached hydrogens (tertiary/aromatic N) is 1. The Hall–Kier alpha value is -3.35. The second-order valence-corrected chi connectivity index (χ2v) is 6.31. The van der Waals surface area contributed by atoms with Gasteiger partial charge in [0.1, 0.15) is 18.3 Å². The quantitative estimate of drug-likeness (QED) is 0.410. The van der Waals surface area contributed by atoms with Crippen molar-refractivity contribution in [3.05, 3.63) is 87.2 Å². The lowest BCUT2D eigenvalue weighted by Crippen LogP contribution is -2.26. The Balaban J connectivity index is 1.87. The zero-order valence-corrected chi connectivity index (χ0v) is 15.7. The first-order chi connectivity index (χ1) is 13.5. The molecule has 0 unspecified atom stereocenters. The van der Waals surface area contributed by atoms with Crippen molar-refractivity contribution < 1.29 is 23.9 Å². The van der Waals surface area contributed by atoms with Crippen molar-refractivity contribution in [3.63, 3.8) is 0 Å². The molecule has 1 aliphatic heterocycles. The molecule has 3 rings (SSSR count). The molecule has 0 amide bonds. The summed E-state index contributed by atoms with van der Waals surface area (Å²) in [6, 6.07) is 16.2. The highest BCUT2D eigenvalue weighted by atomic mass is 16.7. The van der Waals surface area contributed by atoms with Gasteiger partial charge in [-0.05, 0) is 35.3 Å². The van der Waals surface area contributed by atoms with Gasteiger partial charge in [0.15, 0.2) is 0 Å². The lowest BCUT2D eigenvalue weighted by Gasteiger charge is -2.15. The summed E-state index contributed by atoms with van der Waals surface area (Å²) >= 11 is 0. The lowest BCUT2D eigenvalue weighted by atomic mass is 9.89. The molecule has 0 spiro atoms. The van der Waals surface area contributed by atoms with E-state index in [0.717, 1.165) is 5.56 Å². The third-order valence-electron chi connectivity index (χ3n) is 4.65. The zero-order chi connectivity index (χ0) is 20.1. The van der Waals surface area contributed by atoms with Crippen LogP contribution in [0.5, 0.6) is 5.75 Å². The van der Waals surface area contributed by atoms with Gasteiger partial charge in [0, 0.05) is 0 Å². The number of hydrogen-bond acceptors (Lipinski definition) is 6. The van der Waals surface area contributed by atoms with Gasteiger partial charge in [-0.3, -0.25) is 10.1 Å². The summed E-state index contributed by atoms with van der Waals surface area (Å²) in [7, 11) is 1.55. The fraction of sp³-hybridized carbons (Fsp3) is 0.286. The minimum Gasteiger partial charge on any atom is -0.497 e. The van der Waals surface area contributed by atoms with Crippen LogP contribution in [-0.4, -0.2) is 24.2 Å². The monoisotopic (exact) mass is 383 g/mol. The Kier molecular flexibility index (Phi) is 5.93. The first-order valence-corrected chi connectivity index (χ1v) is 8.93. The second-order valence-electron chi connectivity index (χ2n) is 6.31. The van der Waals surface area contributed by atoms with E-state index in [4.69, 9.17) is 14.2 Å². The van der Waals surface area contributed by atoms with E-state index in [1.54, 1.807) is 31.4 Å². The van der Waals surface area contributed by atoms with Crippen molar-refractivity contribution in [2.45, 2.75) is 32.1 Å². The number of hydrogen-bond donors (Lipinski definition) is 0. The summed E-state index contributed by atoms with van der Waals surface area (Å²) in [4.78, 5) is 23.7. The van der Waals surface area contributed by atoms with Gasteiger partial charge in [-0.15, -0.1) is 0 Å². The zero-order valence-electron chi connectivity index (χ0n) is 15.7. The molecule has 0 aliphatic carbocycles. The predicted molar refractivity (Wildman–Crippen MR) is 101 cm³/mol. The SMILES string of the molecule is CCC1=C(C(=O)OCc2ccccc2)O[C@H]([N+](=O)[O-])[C@H]1c1ccc(OC)cc1.